The van der Waals surface area contributed by atoms with Gasteiger partial charge in [0.25, 0.3) is 0 Å². The molecule has 0 aliphatic carbocycles. The van der Waals surface area contributed by atoms with Gasteiger partial charge in [0.15, 0.2) is 0 Å². The summed E-state index contributed by atoms with van der Waals surface area (Å²) >= 11 is 0. The van der Waals surface area contributed by atoms with Crippen LogP contribution < -0.4 is 15.8 Å². The van der Waals surface area contributed by atoms with Crippen molar-refractivity contribution in [1.82, 2.24) is 10.3 Å². The number of aromatic nitrogens is 1. The lowest BCUT2D eigenvalue weighted by molar-refractivity contribution is 0.0529. The topological polar surface area (TPSA) is 86.5 Å². The summed E-state index contributed by atoms with van der Waals surface area (Å²) in [6.07, 6.45) is 3.91. The minimum atomic E-state index is -0.487. The molecule has 0 aliphatic rings. The van der Waals surface area contributed by atoms with Gasteiger partial charge in [0, 0.05) is 12.6 Å². The number of anilines is 1. The lowest BCUT2D eigenvalue weighted by atomic mass is 10.2. The lowest BCUT2D eigenvalue weighted by Gasteiger charge is -2.19. The number of hydrogen-bond acceptors (Lipinski definition) is 5. The number of ether oxygens (including phenoxy) is 2. The van der Waals surface area contributed by atoms with Crippen LogP contribution in [0.1, 0.15) is 32.9 Å². The van der Waals surface area contributed by atoms with E-state index < -0.39 is 11.7 Å². The Balaban J connectivity index is 2.40. The quantitative estimate of drug-likeness (QED) is 0.815. The molecule has 1 rings (SSSR count). The van der Waals surface area contributed by atoms with Crippen molar-refractivity contribution in [1.29, 1.82) is 0 Å². The van der Waals surface area contributed by atoms with E-state index >= 15 is 0 Å². The largest absolute Gasteiger partial charge is 0.481 e. The molecule has 21 heavy (non-hydrogen) atoms. The third kappa shape index (κ3) is 6.65. The highest BCUT2D eigenvalue weighted by atomic mass is 16.6. The number of carbonyl (C=O) groups excluding carboxylic acids is 1. The fourth-order valence-corrected chi connectivity index (χ4v) is 1.48. The van der Waals surface area contributed by atoms with E-state index in [1.165, 1.54) is 0 Å². The molecule has 0 saturated heterocycles. The van der Waals surface area contributed by atoms with Crippen LogP contribution in [0.4, 0.5) is 10.5 Å². The van der Waals surface area contributed by atoms with E-state index in [9.17, 15) is 4.79 Å². The molecule has 6 heteroatoms. The predicted molar refractivity (Wildman–Crippen MR) is 83.1 cm³/mol. The first kappa shape index (κ1) is 16.8. The molecule has 0 atom stereocenters. The first-order valence-corrected chi connectivity index (χ1v) is 6.76. The molecule has 0 unspecified atom stereocenters. The second kappa shape index (κ2) is 7.52. The standard InChI is InChI=1S/C15H23N3O3/c1-15(2,3)21-14(19)17-10-6-5-7-12-11(16)8-9-13(18-12)20-4/h5,7-9H,6,10,16H2,1-4H3,(H,17,19). The summed E-state index contributed by atoms with van der Waals surface area (Å²) in [5.74, 6) is 0.510. The van der Waals surface area contributed by atoms with E-state index in [1.807, 2.05) is 26.8 Å². The summed E-state index contributed by atoms with van der Waals surface area (Å²) in [5.41, 5.74) is 6.55. The highest BCUT2D eigenvalue weighted by Gasteiger charge is 2.15. The van der Waals surface area contributed by atoms with E-state index in [2.05, 4.69) is 10.3 Å². The van der Waals surface area contributed by atoms with E-state index in [0.717, 1.165) is 0 Å². The zero-order chi connectivity index (χ0) is 15.9. The van der Waals surface area contributed by atoms with Gasteiger partial charge < -0.3 is 20.5 Å². The van der Waals surface area contributed by atoms with Crippen LogP contribution in [-0.2, 0) is 4.74 Å². The zero-order valence-electron chi connectivity index (χ0n) is 13.0. The number of hydrogen-bond donors (Lipinski definition) is 2. The smallest absolute Gasteiger partial charge is 0.407 e. The van der Waals surface area contributed by atoms with Crippen molar-refractivity contribution in [2.75, 3.05) is 19.4 Å². The molecule has 0 spiro atoms. The van der Waals surface area contributed by atoms with Gasteiger partial charge in [-0.25, -0.2) is 9.78 Å². The van der Waals surface area contributed by atoms with Crippen LogP contribution in [0.2, 0.25) is 0 Å². The Labute approximate surface area is 125 Å². The van der Waals surface area contributed by atoms with Crippen LogP contribution in [-0.4, -0.2) is 30.3 Å². The number of nitrogens with one attached hydrogen (secondary N) is 1. The van der Waals surface area contributed by atoms with Gasteiger partial charge in [-0.3, -0.25) is 0 Å². The highest BCUT2D eigenvalue weighted by molar-refractivity contribution is 5.67. The van der Waals surface area contributed by atoms with Gasteiger partial charge in [-0.1, -0.05) is 6.08 Å². The molecule has 0 fully saturated rings. The Morgan fingerprint density at radius 1 is 1.43 bits per heavy atom. The van der Waals surface area contributed by atoms with Gasteiger partial charge in [0.2, 0.25) is 5.88 Å². The van der Waals surface area contributed by atoms with E-state index in [1.54, 1.807) is 25.3 Å². The molecule has 0 radical (unpaired) electrons. The molecule has 3 N–H and O–H groups in total. The average Bonchev–Trinajstić information content (AvgIpc) is 2.38. The Kier molecular flexibility index (Phi) is 6.02. The molecular weight excluding hydrogens is 270 g/mol. The Morgan fingerprint density at radius 3 is 2.76 bits per heavy atom. The first-order valence-electron chi connectivity index (χ1n) is 6.76. The second-order valence-corrected chi connectivity index (χ2v) is 5.45. The molecule has 0 saturated carbocycles. The number of pyridine rings is 1. The minimum absolute atomic E-state index is 0.421. The first-order chi connectivity index (χ1) is 9.81. The van der Waals surface area contributed by atoms with Crippen LogP contribution in [0.15, 0.2) is 18.2 Å². The molecule has 1 aromatic rings. The Morgan fingerprint density at radius 2 is 2.14 bits per heavy atom. The molecule has 116 valence electrons. The van der Waals surface area contributed by atoms with Gasteiger partial charge in [-0.05, 0) is 39.3 Å². The number of nitrogen functional groups attached to an aromatic ring is 1. The summed E-state index contributed by atoms with van der Waals surface area (Å²) in [4.78, 5) is 15.6. The fraction of sp³-hybridized carbons (Fsp3) is 0.467. The summed E-state index contributed by atoms with van der Waals surface area (Å²) in [7, 11) is 1.55. The number of nitrogens with zero attached hydrogens (tertiary/aromatic N) is 1. The predicted octanol–water partition coefficient (Wildman–Crippen LogP) is 2.60. The van der Waals surface area contributed by atoms with Gasteiger partial charge >= 0.3 is 6.09 Å². The van der Waals surface area contributed by atoms with Crippen LogP contribution in [0.3, 0.4) is 0 Å². The third-order valence-corrected chi connectivity index (χ3v) is 2.40. The molecular formula is C15H23N3O3. The van der Waals surface area contributed by atoms with Crippen LogP contribution in [0, 0.1) is 0 Å². The number of nitrogens with two attached hydrogens (primary N) is 1. The van der Waals surface area contributed by atoms with Crippen molar-refractivity contribution >= 4 is 17.9 Å². The monoisotopic (exact) mass is 293 g/mol. The number of amides is 1. The molecule has 1 heterocycles. The number of methoxy groups -OCH3 is 1. The van der Waals surface area contributed by atoms with Crippen LogP contribution >= 0.6 is 0 Å². The highest BCUT2D eigenvalue weighted by Crippen LogP contribution is 2.16. The molecule has 0 bridgehead atoms. The minimum Gasteiger partial charge on any atom is -0.481 e. The summed E-state index contributed by atoms with van der Waals surface area (Å²) in [6, 6.07) is 3.45. The zero-order valence-corrected chi connectivity index (χ0v) is 13.0. The van der Waals surface area contributed by atoms with Crippen molar-refractivity contribution in [3.05, 3.63) is 23.9 Å². The second-order valence-electron chi connectivity index (χ2n) is 5.45. The molecule has 6 nitrogen and oxygen atoms in total. The normalized spacial score (nSPS) is 11.4. The molecule has 1 amide bonds. The van der Waals surface area contributed by atoms with Gasteiger partial charge in [0.05, 0.1) is 18.5 Å². The van der Waals surface area contributed by atoms with Crippen molar-refractivity contribution in [3.63, 3.8) is 0 Å². The fourth-order valence-electron chi connectivity index (χ4n) is 1.48. The van der Waals surface area contributed by atoms with Crippen LogP contribution in [0.5, 0.6) is 5.88 Å². The van der Waals surface area contributed by atoms with Gasteiger partial charge in [0.1, 0.15) is 5.60 Å². The van der Waals surface area contributed by atoms with E-state index in [4.69, 9.17) is 15.2 Å². The SMILES string of the molecule is COc1ccc(N)c(C=CCCNC(=O)OC(C)(C)C)n1. The third-order valence-electron chi connectivity index (χ3n) is 2.40. The number of rotatable bonds is 5. The Bertz CT molecular complexity index is 507. The van der Waals surface area contributed by atoms with E-state index in [-0.39, 0.29) is 0 Å². The van der Waals surface area contributed by atoms with Crippen molar-refractivity contribution in [2.24, 2.45) is 0 Å². The summed E-state index contributed by atoms with van der Waals surface area (Å²) in [5, 5.41) is 2.67. The average molecular weight is 293 g/mol. The van der Waals surface area contributed by atoms with E-state index in [0.29, 0.717) is 30.2 Å². The maximum atomic E-state index is 11.4. The van der Waals surface area contributed by atoms with Gasteiger partial charge in [-0.2, -0.15) is 0 Å². The molecule has 0 aliphatic heterocycles. The van der Waals surface area contributed by atoms with Crippen molar-refractivity contribution < 1.29 is 14.3 Å². The lowest BCUT2D eigenvalue weighted by Crippen LogP contribution is -2.32. The molecule has 1 aromatic heterocycles. The maximum absolute atomic E-state index is 11.4. The van der Waals surface area contributed by atoms with Gasteiger partial charge in [-0.15, -0.1) is 0 Å². The summed E-state index contributed by atoms with van der Waals surface area (Å²) in [6.45, 7) is 5.95. The Hall–Kier alpha value is -2.24. The number of alkyl carbamates (subject to hydrolysis) is 1. The van der Waals surface area contributed by atoms with Crippen LogP contribution in [0.25, 0.3) is 6.08 Å². The molecule has 0 aromatic carbocycles. The number of carbonyl (C=O) groups is 1. The van der Waals surface area contributed by atoms with Crippen molar-refractivity contribution in [3.8, 4) is 5.88 Å². The summed E-state index contributed by atoms with van der Waals surface area (Å²) < 4.78 is 10.2. The maximum Gasteiger partial charge on any atom is 0.407 e. The van der Waals surface area contributed by atoms with Crippen molar-refractivity contribution in [2.45, 2.75) is 32.8 Å².